The van der Waals surface area contributed by atoms with Crippen LogP contribution < -0.4 is 14.8 Å². The number of amides is 1. The summed E-state index contributed by atoms with van der Waals surface area (Å²) in [5.74, 6) is 1.20. The molecular weight excluding hydrogens is 364 g/mol. The summed E-state index contributed by atoms with van der Waals surface area (Å²) >= 11 is 0. The van der Waals surface area contributed by atoms with E-state index in [0.717, 1.165) is 31.6 Å². The SMILES string of the molecule is COc1cc2c(cc1OC)C(CCN1CCCCC1)(c1ccccc1)CNC2=O. The minimum Gasteiger partial charge on any atom is -0.493 e. The van der Waals surface area contributed by atoms with Crippen molar-refractivity contribution in [1.29, 1.82) is 0 Å². The standard InChI is InChI=1S/C24H30N2O3/c1-28-21-15-19-20(16-22(21)29-2)24(17-25-23(19)27,18-9-5-3-6-10-18)11-14-26-12-7-4-8-13-26/h3,5-6,9-10,15-16H,4,7-8,11-14,17H2,1-2H3,(H,25,27). The molecule has 0 spiro atoms. The zero-order valence-corrected chi connectivity index (χ0v) is 17.4. The summed E-state index contributed by atoms with van der Waals surface area (Å²) in [6.45, 7) is 3.93. The van der Waals surface area contributed by atoms with Gasteiger partial charge in [-0.15, -0.1) is 0 Å². The highest BCUT2D eigenvalue weighted by atomic mass is 16.5. The first-order chi connectivity index (χ1) is 14.2. The second kappa shape index (κ2) is 8.46. The molecule has 2 aliphatic rings. The maximum Gasteiger partial charge on any atom is 0.251 e. The molecule has 0 aromatic heterocycles. The van der Waals surface area contributed by atoms with Gasteiger partial charge in [0.05, 0.1) is 14.2 Å². The van der Waals surface area contributed by atoms with Gasteiger partial charge in [-0.1, -0.05) is 36.8 Å². The first kappa shape index (κ1) is 19.8. The van der Waals surface area contributed by atoms with Crippen LogP contribution in [-0.2, 0) is 5.41 Å². The topological polar surface area (TPSA) is 50.8 Å². The molecule has 1 amide bonds. The van der Waals surface area contributed by atoms with Gasteiger partial charge in [0, 0.05) is 17.5 Å². The minimum atomic E-state index is -0.290. The van der Waals surface area contributed by atoms with Crippen LogP contribution in [0.4, 0.5) is 0 Å². The van der Waals surface area contributed by atoms with Crippen LogP contribution in [0, 0.1) is 0 Å². The molecule has 29 heavy (non-hydrogen) atoms. The summed E-state index contributed by atoms with van der Waals surface area (Å²) in [6, 6.07) is 14.4. The van der Waals surface area contributed by atoms with E-state index in [1.807, 2.05) is 18.2 Å². The molecule has 0 bridgehead atoms. The maximum absolute atomic E-state index is 12.8. The quantitative estimate of drug-likeness (QED) is 0.813. The third-order valence-corrected chi connectivity index (χ3v) is 6.46. The molecular formula is C24H30N2O3. The number of hydrogen-bond acceptors (Lipinski definition) is 4. The van der Waals surface area contributed by atoms with E-state index in [9.17, 15) is 4.79 Å². The van der Waals surface area contributed by atoms with Crippen molar-refractivity contribution in [2.75, 3.05) is 40.4 Å². The third kappa shape index (κ3) is 3.71. The first-order valence-electron chi connectivity index (χ1n) is 10.5. The Bertz CT molecular complexity index is 862. The molecule has 5 nitrogen and oxygen atoms in total. The van der Waals surface area contributed by atoms with Crippen molar-refractivity contribution in [2.45, 2.75) is 31.1 Å². The summed E-state index contributed by atoms with van der Waals surface area (Å²) in [5, 5.41) is 3.15. The van der Waals surface area contributed by atoms with Gasteiger partial charge in [-0.25, -0.2) is 0 Å². The molecule has 1 N–H and O–H groups in total. The Balaban J connectivity index is 1.81. The number of rotatable bonds is 6. The van der Waals surface area contributed by atoms with Crippen LogP contribution in [0.1, 0.15) is 47.2 Å². The van der Waals surface area contributed by atoms with E-state index in [2.05, 4.69) is 34.5 Å². The van der Waals surface area contributed by atoms with Crippen molar-refractivity contribution in [3.8, 4) is 11.5 Å². The van der Waals surface area contributed by atoms with Crippen molar-refractivity contribution in [1.82, 2.24) is 10.2 Å². The van der Waals surface area contributed by atoms with Crippen LogP contribution >= 0.6 is 0 Å². The smallest absolute Gasteiger partial charge is 0.251 e. The molecule has 1 fully saturated rings. The van der Waals surface area contributed by atoms with Crippen LogP contribution in [0.3, 0.4) is 0 Å². The monoisotopic (exact) mass is 394 g/mol. The zero-order chi connectivity index (χ0) is 20.3. The molecule has 2 aliphatic heterocycles. The largest absolute Gasteiger partial charge is 0.493 e. The Labute approximate surface area is 173 Å². The average molecular weight is 395 g/mol. The van der Waals surface area contributed by atoms with Gasteiger partial charge in [-0.3, -0.25) is 4.79 Å². The van der Waals surface area contributed by atoms with E-state index in [4.69, 9.17) is 9.47 Å². The summed E-state index contributed by atoms with van der Waals surface area (Å²) in [4.78, 5) is 15.3. The lowest BCUT2D eigenvalue weighted by Crippen LogP contribution is -2.49. The van der Waals surface area contributed by atoms with Crippen molar-refractivity contribution in [2.24, 2.45) is 0 Å². The molecule has 0 saturated carbocycles. The number of likely N-dealkylation sites (tertiary alicyclic amines) is 1. The third-order valence-electron chi connectivity index (χ3n) is 6.46. The van der Waals surface area contributed by atoms with E-state index >= 15 is 0 Å². The zero-order valence-electron chi connectivity index (χ0n) is 17.4. The summed E-state index contributed by atoms with van der Waals surface area (Å²) < 4.78 is 11.1. The van der Waals surface area contributed by atoms with Crippen molar-refractivity contribution in [3.63, 3.8) is 0 Å². The van der Waals surface area contributed by atoms with Crippen LogP contribution in [0.15, 0.2) is 42.5 Å². The summed E-state index contributed by atoms with van der Waals surface area (Å²) in [5.41, 5.74) is 2.64. The van der Waals surface area contributed by atoms with Gasteiger partial charge in [0.2, 0.25) is 0 Å². The fraction of sp³-hybridized carbons (Fsp3) is 0.458. The highest BCUT2D eigenvalue weighted by molar-refractivity contribution is 5.98. The molecule has 2 heterocycles. The first-order valence-corrected chi connectivity index (χ1v) is 10.5. The lowest BCUT2D eigenvalue weighted by Gasteiger charge is -2.41. The Kier molecular flexibility index (Phi) is 5.76. The van der Waals surface area contributed by atoms with Gasteiger partial charge in [-0.2, -0.15) is 0 Å². The van der Waals surface area contributed by atoms with E-state index in [-0.39, 0.29) is 11.3 Å². The normalized spacial score (nSPS) is 21.9. The Morgan fingerprint density at radius 1 is 1.00 bits per heavy atom. The fourth-order valence-electron chi connectivity index (χ4n) is 4.80. The maximum atomic E-state index is 12.8. The van der Waals surface area contributed by atoms with Crippen LogP contribution in [0.25, 0.3) is 0 Å². The molecule has 5 heteroatoms. The lowest BCUT2D eigenvalue weighted by molar-refractivity contribution is 0.0924. The van der Waals surface area contributed by atoms with Gasteiger partial charge < -0.3 is 19.7 Å². The van der Waals surface area contributed by atoms with Crippen LogP contribution in [0.5, 0.6) is 11.5 Å². The molecule has 2 aromatic rings. The van der Waals surface area contributed by atoms with Crippen LogP contribution in [-0.4, -0.2) is 51.2 Å². The van der Waals surface area contributed by atoms with E-state index < -0.39 is 0 Å². The molecule has 0 aliphatic carbocycles. The van der Waals surface area contributed by atoms with Crippen LogP contribution in [0.2, 0.25) is 0 Å². The van der Waals surface area contributed by atoms with Crippen molar-refractivity contribution < 1.29 is 14.3 Å². The summed E-state index contributed by atoms with van der Waals surface area (Å²) in [6.07, 6.45) is 4.82. The minimum absolute atomic E-state index is 0.0505. The number of ether oxygens (including phenoxy) is 2. The molecule has 2 aromatic carbocycles. The molecule has 1 atom stereocenters. The van der Waals surface area contributed by atoms with E-state index in [1.54, 1.807) is 14.2 Å². The van der Waals surface area contributed by atoms with Gasteiger partial charge in [0.25, 0.3) is 5.91 Å². The number of carbonyl (C=O) groups excluding carboxylic acids is 1. The number of fused-ring (bicyclic) bond motifs is 1. The van der Waals surface area contributed by atoms with Crippen molar-refractivity contribution in [3.05, 3.63) is 59.2 Å². The lowest BCUT2D eigenvalue weighted by atomic mass is 9.68. The predicted octanol–water partition coefficient (Wildman–Crippen LogP) is 3.61. The van der Waals surface area contributed by atoms with E-state index in [0.29, 0.717) is 23.6 Å². The summed E-state index contributed by atoms with van der Waals surface area (Å²) in [7, 11) is 3.25. The number of nitrogens with zero attached hydrogens (tertiary/aromatic N) is 1. The van der Waals surface area contributed by atoms with Gasteiger partial charge >= 0.3 is 0 Å². The average Bonchev–Trinajstić information content (AvgIpc) is 2.79. The number of carbonyl (C=O) groups is 1. The highest BCUT2D eigenvalue weighted by Crippen LogP contribution is 2.44. The Morgan fingerprint density at radius 2 is 1.69 bits per heavy atom. The highest BCUT2D eigenvalue weighted by Gasteiger charge is 2.42. The number of hydrogen-bond donors (Lipinski definition) is 1. The molecule has 154 valence electrons. The van der Waals surface area contributed by atoms with Gasteiger partial charge in [0.1, 0.15) is 0 Å². The molecule has 0 radical (unpaired) electrons. The number of nitrogens with one attached hydrogen (secondary N) is 1. The fourth-order valence-corrected chi connectivity index (χ4v) is 4.80. The second-order valence-electron chi connectivity index (χ2n) is 8.04. The molecule has 4 rings (SSSR count). The number of piperidine rings is 1. The van der Waals surface area contributed by atoms with Gasteiger partial charge in [0.15, 0.2) is 11.5 Å². The van der Waals surface area contributed by atoms with Crippen molar-refractivity contribution >= 4 is 5.91 Å². The van der Waals surface area contributed by atoms with Gasteiger partial charge in [-0.05, 0) is 62.2 Å². The second-order valence-corrected chi connectivity index (χ2v) is 8.04. The predicted molar refractivity (Wildman–Crippen MR) is 114 cm³/mol. The number of methoxy groups -OCH3 is 2. The number of benzene rings is 2. The Morgan fingerprint density at radius 3 is 2.38 bits per heavy atom. The Hall–Kier alpha value is -2.53. The van der Waals surface area contributed by atoms with E-state index in [1.165, 1.54) is 24.8 Å². The molecule has 1 unspecified atom stereocenters. The molecule has 1 saturated heterocycles.